The first-order valence-electron chi connectivity index (χ1n) is 5.64. The minimum absolute atomic E-state index is 0.0746. The van der Waals surface area contributed by atoms with Crippen LogP contribution in [0.25, 0.3) is 0 Å². The zero-order valence-corrected chi connectivity index (χ0v) is 10.2. The number of carbonyl (C=O) groups excluding carboxylic acids is 1. The second kappa shape index (κ2) is 6.28. The molecule has 0 radical (unpaired) electrons. The molecule has 0 saturated carbocycles. The second-order valence-electron chi connectivity index (χ2n) is 4.00. The Labute approximate surface area is 97.2 Å². The first kappa shape index (κ1) is 12.7. The molecule has 3 nitrogen and oxygen atoms in total. The molecule has 3 heteroatoms. The Balaban J connectivity index is 2.55. The minimum Gasteiger partial charge on any atom is -0.350 e. The summed E-state index contributed by atoms with van der Waals surface area (Å²) >= 11 is 0. The number of benzene rings is 1. The van der Waals surface area contributed by atoms with Crippen LogP contribution in [0.4, 0.5) is 0 Å². The van der Waals surface area contributed by atoms with Crippen molar-refractivity contribution in [1.29, 1.82) is 0 Å². The van der Waals surface area contributed by atoms with Crippen molar-refractivity contribution in [2.75, 3.05) is 13.6 Å². The molecule has 88 valence electrons. The molecule has 16 heavy (non-hydrogen) atoms. The SMILES string of the molecule is CNCCC(=O)NC(C)c1ccccc1C. The van der Waals surface area contributed by atoms with Crippen molar-refractivity contribution in [2.45, 2.75) is 26.3 Å². The van der Waals surface area contributed by atoms with Gasteiger partial charge in [-0.2, -0.15) is 0 Å². The van der Waals surface area contributed by atoms with Gasteiger partial charge in [0.15, 0.2) is 0 Å². The predicted molar refractivity (Wildman–Crippen MR) is 66.3 cm³/mol. The first-order valence-corrected chi connectivity index (χ1v) is 5.64. The molecule has 1 unspecified atom stereocenters. The summed E-state index contributed by atoms with van der Waals surface area (Å²) in [5, 5.41) is 5.96. The van der Waals surface area contributed by atoms with E-state index < -0.39 is 0 Å². The van der Waals surface area contributed by atoms with Crippen molar-refractivity contribution in [2.24, 2.45) is 0 Å². The number of carbonyl (C=O) groups is 1. The van der Waals surface area contributed by atoms with Gasteiger partial charge in [-0.25, -0.2) is 0 Å². The molecule has 0 bridgehead atoms. The third-order valence-corrected chi connectivity index (χ3v) is 2.63. The molecular formula is C13H20N2O. The lowest BCUT2D eigenvalue weighted by atomic mass is 10.0. The Morgan fingerprint density at radius 1 is 1.38 bits per heavy atom. The van der Waals surface area contributed by atoms with E-state index >= 15 is 0 Å². The molecule has 2 N–H and O–H groups in total. The fourth-order valence-corrected chi connectivity index (χ4v) is 1.70. The topological polar surface area (TPSA) is 41.1 Å². The maximum absolute atomic E-state index is 11.5. The third kappa shape index (κ3) is 3.66. The number of nitrogens with one attached hydrogen (secondary N) is 2. The maximum Gasteiger partial charge on any atom is 0.221 e. The standard InChI is InChI=1S/C13H20N2O/c1-10-6-4-5-7-12(10)11(2)15-13(16)8-9-14-3/h4-7,11,14H,8-9H2,1-3H3,(H,15,16). The van der Waals surface area contributed by atoms with Gasteiger partial charge in [0.05, 0.1) is 6.04 Å². The molecule has 0 heterocycles. The van der Waals surface area contributed by atoms with Crippen molar-refractivity contribution >= 4 is 5.91 Å². The quantitative estimate of drug-likeness (QED) is 0.794. The molecule has 0 aliphatic carbocycles. The molecular weight excluding hydrogens is 200 g/mol. The number of hydrogen-bond donors (Lipinski definition) is 2. The van der Waals surface area contributed by atoms with E-state index in [1.165, 1.54) is 11.1 Å². The van der Waals surface area contributed by atoms with E-state index in [2.05, 4.69) is 29.7 Å². The molecule has 1 rings (SSSR count). The van der Waals surface area contributed by atoms with Gasteiger partial charge in [-0.15, -0.1) is 0 Å². The molecule has 0 spiro atoms. The van der Waals surface area contributed by atoms with Crippen molar-refractivity contribution in [1.82, 2.24) is 10.6 Å². The van der Waals surface area contributed by atoms with Gasteiger partial charge in [-0.1, -0.05) is 24.3 Å². The molecule has 0 aromatic heterocycles. The van der Waals surface area contributed by atoms with E-state index in [4.69, 9.17) is 0 Å². The Morgan fingerprint density at radius 2 is 2.06 bits per heavy atom. The first-order chi connectivity index (χ1) is 7.65. The molecule has 0 saturated heterocycles. The van der Waals surface area contributed by atoms with Gasteiger partial charge >= 0.3 is 0 Å². The van der Waals surface area contributed by atoms with Gasteiger partial charge < -0.3 is 10.6 Å². The largest absolute Gasteiger partial charge is 0.350 e. The van der Waals surface area contributed by atoms with Crippen molar-refractivity contribution in [3.63, 3.8) is 0 Å². The predicted octanol–water partition coefficient (Wildman–Crippen LogP) is 1.78. The number of rotatable bonds is 5. The van der Waals surface area contributed by atoms with Gasteiger partial charge in [0.1, 0.15) is 0 Å². The molecule has 0 aliphatic rings. The van der Waals surface area contributed by atoms with Crippen LogP contribution in [-0.4, -0.2) is 19.5 Å². The molecule has 1 amide bonds. The molecule has 0 fully saturated rings. The summed E-state index contributed by atoms with van der Waals surface area (Å²) in [6.45, 7) is 4.79. The number of hydrogen-bond acceptors (Lipinski definition) is 2. The Morgan fingerprint density at radius 3 is 2.69 bits per heavy atom. The zero-order chi connectivity index (χ0) is 12.0. The van der Waals surface area contributed by atoms with Crippen LogP contribution in [-0.2, 0) is 4.79 Å². The van der Waals surface area contributed by atoms with Crippen LogP contribution >= 0.6 is 0 Å². The highest BCUT2D eigenvalue weighted by Gasteiger charge is 2.10. The summed E-state index contributed by atoms with van der Waals surface area (Å²) in [5.41, 5.74) is 2.39. The summed E-state index contributed by atoms with van der Waals surface area (Å²) in [5.74, 6) is 0.0881. The van der Waals surface area contributed by atoms with Crippen LogP contribution < -0.4 is 10.6 Å². The van der Waals surface area contributed by atoms with Crippen LogP contribution in [0.3, 0.4) is 0 Å². The van der Waals surface area contributed by atoms with Gasteiger partial charge in [0.25, 0.3) is 0 Å². The summed E-state index contributed by atoms with van der Waals surface area (Å²) in [6.07, 6.45) is 0.521. The van der Waals surface area contributed by atoms with Gasteiger partial charge in [0, 0.05) is 13.0 Å². The van der Waals surface area contributed by atoms with E-state index in [0.717, 1.165) is 0 Å². The maximum atomic E-state index is 11.5. The molecule has 1 aromatic carbocycles. The summed E-state index contributed by atoms with van der Waals surface area (Å²) in [7, 11) is 1.85. The Bertz CT molecular complexity index is 350. The van der Waals surface area contributed by atoms with E-state index in [1.807, 2.05) is 26.1 Å². The normalized spacial score (nSPS) is 12.2. The Kier molecular flexibility index (Phi) is 4.99. The molecule has 1 aromatic rings. The van der Waals surface area contributed by atoms with Crippen molar-refractivity contribution in [3.8, 4) is 0 Å². The zero-order valence-electron chi connectivity index (χ0n) is 10.2. The van der Waals surface area contributed by atoms with Gasteiger partial charge in [0.2, 0.25) is 5.91 Å². The smallest absolute Gasteiger partial charge is 0.221 e. The lowest BCUT2D eigenvalue weighted by Gasteiger charge is -2.16. The average molecular weight is 220 g/mol. The summed E-state index contributed by atoms with van der Waals surface area (Å²) < 4.78 is 0. The van der Waals surface area contributed by atoms with E-state index in [0.29, 0.717) is 13.0 Å². The van der Waals surface area contributed by atoms with Crippen molar-refractivity contribution in [3.05, 3.63) is 35.4 Å². The highest BCUT2D eigenvalue weighted by atomic mass is 16.1. The fourth-order valence-electron chi connectivity index (χ4n) is 1.70. The molecule has 1 atom stereocenters. The lowest BCUT2D eigenvalue weighted by Crippen LogP contribution is -2.29. The third-order valence-electron chi connectivity index (χ3n) is 2.63. The minimum atomic E-state index is 0.0746. The number of aryl methyl sites for hydroxylation is 1. The van der Waals surface area contributed by atoms with Crippen molar-refractivity contribution < 1.29 is 4.79 Å². The highest BCUT2D eigenvalue weighted by molar-refractivity contribution is 5.76. The van der Waals surface area contributed by atoms with E-state index in [9.17, 15) is 4.79 Å². The van der Waals surface area contributed by atoms with E-state index in [1.54, 1.807) is 0 Å². The van der Waals surface area contributed by atoms with Crippen LogP contribution in [0.15, 0.2) is 24.3 Å². The van der Waals surface area contributed by atoms with E-state index in [-0.39, 0.29) is 11.9 Å². The van der Waals surface area contributed by atoms with Crippen LogP contribution in [0.2, 0.25) is 0 Å². The fraction of sp³-hybridized carbons (Fsp3) is 0.462. The van der Waals surface area contributed by atoms with Crippen LogP contribution in [0.1, 0.15) is 30.5 Å². The van der Waals surface area contributed by atoms with Crippen LogP contribution in [0, 0.1) is 6.92 Å². The Hall–Kier alpha value is -1.35. The average Bonchev–Trinajstić information content (AvgIpc) is 2.26. The monoisotopic (exact) mass is 220 g/mol. The summed E-state index contributed by atoms with van der Waals surface area (Å²) in [4.78, 5) is 11.5. The number of amides is 1. The second-order valence-corrected chi connectivity index (χ2v) is 4.00. The molecule has 0 aliphatic heterocycles. The summed E-state index contributed by atoms with van der Waals surface area (Å²) in [6, 6.07) is 8.20. The van der Waals surface area contributed by atoms with Gasteiger partial charge in [-0.3, -0.25) is 4.79 Å². The van der Waals surface area contributed by atoms with Gasteiger partial charge in [-0.05, 0) is 32.0 Å². The lowest BCUT2D eigenvalue weighted by molar-refractivity contribution is -0.121. The van der Waals surface area contributed by atoms with Crippen LogP contribution in [0.5, 0.6) is 0 Å². The highest BCUT2D eigenvalue weighted by Crippen LogP contribution is 2.16.